The third-order valence-electron chi connectivity index (χ3n) is 1.83. The van der Waals surface area contributed by atoms with Crippen LogP contribution in [0, 0.1) is 6.92 Å². The highest BCUT2D eigenvalue weighted by Gasteiger charge is 2.14. The molecule has 78 valence electrons. The number of nitrogens with one attached hydrogen (secondary N) is 1. The molecule has 0 saturated heterocycles. The fourth-order valence-electron chi connectivity index (χ4n) is 0.895. The van der Waals surface area contributed by atoms with Gasteiger partial charge in [0.25, 0.3) is 0 Å². The van der Waals surface area contributed by atoms with E-state index in [9.17, 15) is 8.42 Å². The maximum Gasteiger partial charge on any atom is 0.240 e. The maximum atomic E-state index is 11.4. The van der Waals surface area contributed by atoms with E-state index in [-0.39, 0.29) is 4.90 Å². The fraction of sp³-hybridized carbons (Fsp3) is 0.250. The van der Waals surface area contributed by atoms with Gasteiger partial charge in [-0.3, -0.25) is 0 Å². The smallest absolute Gasteiger partial charge is 0.214 e. The van der Waals surface area contributed by atoms with Gasteiger partial charge in [0, 0.05) is 10.0 Å². The zero-order valence-corrected chi connectivity index (χ0v) is 9.96. The number of halogens is 2. The van der Waals surface area contributed by atoms with Crippen LogP contribution in [0.5, 0.6) is 0 Å². The molecular weight excluding hydrogens is 245 g/mol. The minimum Gasteiger partial charge on any atom is -0.214 e. The predicted octanol–water partition coefficient (Wildman–Crippen LogP) is 2.21. The van der Waals surface area contributed by atoms with Gasteiger partial charge in [-0.1, -0.05) is 23.2 Å². The van der Waals surface area contributed by atoms with Crippen molar-refractivity contribution in [2.24, 2.45) is 0 Å². The van der Waals surface area contributed by atoms with E-state index >= 15 is 0 Å². The van der Waals surface area contributed by atoms with Crippen molar-refractivity contribution < 1.29 is 8.42 Å². The summed E-state index contributed by atoms with van der Waals surface area (Å²) in [5.74, 6) is 0. The van der Waals surface area contributed by atoms with Gasteiger partial charge >= 0.3 is 0 Å². The Morgan fingerprint density at radius 3 is 2.00 bits per heavy atom. The van der Waals surface area contributed by atoms with Gasteiger partial charge < -0.3 is 0 Å². The molecule has 1 aromatic carbocycles. The van der Waals surface area contributed by atoms with Crippen molar-refractivity contribution in [1.82, 2.24) is 4.72 Å². The van der Waals surface area contributed by atoms with E-state index in [4.69, 9.17) is 23.2 Å². The molecule has 1 aromatic rings. The van der Waals surface area contributed by atoms with Gasteiger partial charge in [-0.15, -0.1) is 0 Å². The van der Waals surface area contributed by atoms with Gasteiger partial charge in [0.1, 0.15) is 0 Å². The van der Waals surface area contributed by atoms with E-state index in [0.29, 0.717) is 15.6 Å². The highest BCUT2D eigenvalue weighted by molar-refractivity contribution is 7.89. The first kappa shape index (κ1) is 11.8. The Morgan fingerprint density at radius 1 is 1.21 bits per heavy atom. The summed E-state index contributed by atoms with van der Waals surface area (Å²) in [6.45, 7) is 1.72. The van der Waals surface area contributed by atoms with Gasteiger partial charge in [0.05, 0.1) is 4.90 Å². The van der Waals surface area contributed by atoms with Crippen LogP contribution in [0.25, 0.3) is 0 Å². The topological polar surface area (TPSA) is 46.2 Å². The van der Waals surface area contributed by atoms with Crippen LogP contribution in [0.15, 0.2) is 17.0 Å². The normalized spacial score (nSPS) is 11.7. The van der Waals surface area contributed by atoms with Crippen LogP contribution in [-0.4, -0.2) is 15.5 Å². The highest BCUT2D eigenvalue weighted by atomic mass is 35.5. The summed E-state index contributed by atoms with van der Waals surface area (Å²) >= 11 is 11.6. The molecule has 0 atom stereocenters. The Hall–Kier alpha value is -0.290. The van der Waals surface area contributed by atoms with Gasteiger partial charge in [0.2, 0.25) is 10.0 Å². The van der Waals surface area contributed by atoms with Crippen LogP contribution < -0.4 is 4.72 Å². The molecule has 0 amide bonds. The van der Waals surface area contributed by atoms with Crippen molar-refractivity contribution in [3.63, 3.8) is 0 Å². The molecule has 0 bridgehead atoms. The summed E-state index contributed by atoms with van der Waals surface area (Å²) in [5.41, 5.74) is 0.670. The van der Waals surface area contributed by atoms with E-state index in [1.54, 1.807) is 6.92 Å². The molecule has 0 aromatic heterocycles. The summed E-state index contributed by atoms with van der Waals surface area (Å²) in [6, 6.07) is 2.74. The summed E-state index contributed by atoms with van der Waals surface area (Å²) in [5, 5.41) is 0.678. The van der Waals surface area contributed by atoms with E-state index in [0.717, 1.165) is 0 Å². The van der Waals surface area contributed by atoms with Crippen LogP contribution in [0.4, 0.5) is 0 Å². The maximum absolute atomic E-state index is 11.4. The molecule has 0 spiro atoms. The summed E-state index contributed by atoms with van der Waals surface area (Å²) in [4.78, 5) is 0.0700. The fourth-order valence-corrected chi connectivity index (χ4v) is 2.29. The van der Waals surface area contributed by atoms with E-state index in [2.05, 4.69) is 4.72 Å². The lowest BCUT2D eigenvalue weighted by atomic mass is 10.2. The third kappa shape index (κ3) is 2.20. The number of sulfonamides is 1. The molecule has 0 fully saturated rings. The number of rotatable bonds is 2. The first-order valence-corrected chi connectivity index (χ1v) is 6.01. The van der Waals surface area contributed by atoms with Gasteiger partial charge in [-0.05, 0) is 31.7 Å². The molecule has 0 unspecified atom stereocenters. The molecule has 3 nitrogen and oxygen atoms in total. The quantitative estimate of drug-likeness (QED) is 0.879. The van der Waals surface area contributed by atoms with Crippen LogP contribution in [0.3, 0.4) is 0 Å². The summed E-state index contributed by atoms with van der Waals surface area (Å²) < 4.78 is 25.0. The van der Waals surface area contributed by atoms with Gasteiger partial charge in [0.15, 0.2) is 0 Å². The summed E-state index contributed by atoms with van der Waals surface area (Å²) in [7, 11) is -2.15. The second-order valence-electron chi connectivity index (χ2n) is 2.72. The largest absolute Gasteiger partial charge is 0.240 e. The Bertz CT molecular complexity index is 433. The average molecular weight is 254 g/mol. The highest BCUT2D eigenvalue weighted by Crippen LogP contribution is 2.27. The van der Waals surface area contributed by atoms with Crippen molar-refractivity contribution in [3.05, 3.63) is 27.7 Å². The van der Waals surface area contributed by atoms with Crippen molar-refractivity contribution in [2.45, 2.75) is 11.8 Å². The zero-order valence-electron chi connectivity index (χ0n) is 7.64. The van der Waals surface area contributed by atoms with Crippen molar-refractivity contribution in [3.8, 4) is 0 Å². The van der Waals surface area contributed by atoms with E-state index in [1.165, 1.54) is 19.2 Å². The van der Waals surface area contributed by atoms with Crippen molar-refractivity contribution in [2.75, 3.05) is 7.05 Å². The minimum atomic E-state index is -3.48. The van der Waals surface area contributed by atoms with Crippen LogP contribution in [0.1, 0.15) is 5.56 Å². The van der Waals surface area contributed by atoms with Crippen LogP contribution in [0.2, 0.25) is 10.0 Å². The Balaban J connectivity index is 3.41. The predicted molar refractivity (Wildman–Crippen MR) is 57.4 cm³/mol. The second kappa shape index (κ2) is 4.06. The van der Waals surface area contributed by atoms with Crippen molar-refractivity contribution >= 4 is 33.2 Å². The molecule has 0 saturated carbocycles. The molecule has 6 heteroatoms. The standard InChI is InChI=1S/C8H9Cl2NO2S/c1-5-7(9)3-6(4-8(5)10)14(12,13)11-2/h3-4,11H,1-2H3. The monoisotopic (exact) mass is 253 g/mol. The molecule has 0 aliphatic heterocycles. The Morgan fingerprint density at radius 2 is 1.64 bits per heavy atom. The molecule has 1 N–H and O–H groups in total. The van der Waals surface area contributed by atoms with E-state index in [1.807, 2.05) is 0 Å². The lowest BCUT2D eigenvalue weighted by molar-refractivity contribution is 0.588. The second-order valence-corrected chi connectivity index (χ2v) is 5.42. The van der Waals surface area contributed by atoms with Gasteiger partial charge in [-0.2, -0.15) is 0 Å². The lowest BCUT2D eigenvalue weighted by Crippen LogP contribution is -2.18. The Labute approximate surface area is 93.1 Å². The van der Waals surface area contributed by atoms with Crippen LogP contribution in [-0.2, 0) is 10.0 Å². The first-order valence-electron chi connectivity index (χ1n) is 3.77. The Kier molecular flexibility index (Phi) is 3.42. The van der Waals surface area contributed by atoms with Crippen molar-refractivity contribution in [1.29, 1.82) is 0 Å². The first-order chi connectivity index (χ1) is 6.38. The molecule has 0 radical (unpaired) electrons. The SMILES string of the molecule is CNS(=O)(=O)c1cc(Cl)c(C)c(Cl)c1. The minimum absolute atomic E-state index is 0.0700. The molecule has 1 rings (SSSR count). The number of hydrogen-bond acceptors (Lipinski definition) is 2. The lowest BCUT2D eigenvalue weighted by Gasteiger charge is -2.06. The molecule has 0 aliphatic rings. The van der Waals surface area contributed by atoms with Crippen LogP contribution >= 0.6 is 23.2 Å². The number of benzene rings is 1. The van der Waals surface area contributed by atoms with E-state index < -0.39 is 10.0 Å². The molecule has 0 aliphatic carbocycles. The molecule has 14 heavy (non-hydrogen) atoms. The number of hydrogen-bond donors (Lipinski definition) is 1. The summed E-state index contributed by atoms with van der Waals surface area (Å²) in [6.07, 6.45) is 0. The molecule has 0 heterocycles. The third-order valence-corrected chi connectivity index (χ3v) is 4.01. The average Bonchev–Trinajstić information content (AvgIpc) is 2.13. The molecular formula is C8H9Cl2NO2S. The zero-order chi connectivity index (χ0) is 10.9. The van der Waals surface area contributed by atoms with Gasteiger partial charge in [-0.25, -0.2) is 13.1 Å².